The van der Waals surface area contributed by atoms with Crippen LogP contribution in [-0.2, 0) is 23.9 Å². The second-order valence-corrected chi connectivity index (χ2v) is 6.98. The van der Waals surface area contributed by atoms with Crippen molar-refractivity contribution in [3.63, 3.8) is 0 Å². The largest absolute Gasteiger partial charge is 0.417 e. The Morgan fingerprint density at radius 2 is 2.00 bits per heavy atom. The lowest BCUT2D eigenvalue weighted by atomic mass is 9.81. The van der Waals surface area contributed by atoms with Crippen LogP contribution >= 0.6 is 0 Å². The van der Waals surface area contributed by atoms with Crippen LogP contribution in [0.3, 0.4) is 0 Å². The van der Waals surface area contributed by atoms with Gasteiger partial charge in [0.15, 0.2) is 0 Å². The summed E-state index contributed by atoms with van der Waals surface area (Å²) in [6, 6.07) is 0.223. The third kappa shape index (κ3) is 4.10. The van der Waals surface area contributed by atoms with E-state index in [1.54, 1.807) is 0 Å². The first-order chi connectivity index (χ1) is 12.4. The van der Waals surface area contributed by atoms with E-state index in [0.29, 0.717) is 5.69 Å². The molecule has 1 aliphatic heterocycles. The van der Waals surface area contributed by atoms with E-state index in [9.17, 15) is 31.1 Å². The molecule has 2 aliphatic rings. The van der Waals surface area contributed by atoms with Gasteiger partial charge in [-0.05, 0) is 18.1 Å². The number of carbonyl (C=O) groups excluding carboxylic acids is 1. The summed E-state index contributed by atoms with van der Waals surface area (Å²) in [6.07, 6.45) is -7.26. The van der Waals surface area contributed by atoms with E-state index < -0.39 is 41.7 Å². The average molecular weight is 393 g/mol. The smallest absolute Gasteiger partial charge is 0.337 e. The second kappa shape index (κ2) is 6.50. The minimum Gasteiger partial charge on any atom is -0.337 e. The summed E-state index contributed by atoms with van der Waals surface area (Å²) in [5, 5.41) is 0. The topological polar surface area (TPSA) is 59.2 Å². The Labute approximate surface area is 151 Å². The summed E-state index contributed by atoms with van der Waals surface area (Å²) in [5.41, 5.74) is 3.52. The highest BCUT2D eigenvalue weighted by molar-refractivity contribution is 5.86. The van der Waals surface area contributed by atoms with Gasteiger partial charge < -0.3 is 10.6 Å². The molecule has 3 rings (SSSR count). The number of rotatable bonds is 2. The molecule has 1 aromatic rings. The van der Waals surface area contributed by atoms with Crippen molar-refractivity contribution in [1.82, 2.24) is 9.88 Å². The number of hydrogen-bond donors (Lipinski definition) is 1. The molecular formula is C17H17F6N3O. The Hall–Kier alpha value is -2.10. The van der Waals surface area contributed by atoms with Crippen LogP contribution < -0.4 is 5.73 Å². The summed E-state index contributed by atoms with van der Waals surface area (Å²) in [6.45, 7) is -0.124. The molecule has 2 N–H and O–H groups in total. The fraction of sp³-hybridized carbons (Fsp3) is 0.529. The molecule has 27 heavy (non-hydrogen) atoms. The van der Waals surface area contributed by atoms with Crippen LogP contribution in [0.25, 0.3) is 0 Å². The SMILES string of the molecule is NC1C=CC(CC(F)(F)F)(C(=O)N2CCc3ncc(C(F)(F)F)cc3C2)C1. The van der Waals surface area contributed by atoms with Gasteiger partial charge in [-0.2, -0.15) is 26.3 Å². The molecule has 148 valence electrons. The standard InChI is InChI=1S/C17H17F6N3O/c18-16(19,20)9-15(3-1-12(24)6-15)14(27)26-4-2-13-10(8-26)5-11(7-25-13)17(21,22)23/h1,3,5,7,12H,2,4,6,8-9,24H2. The molecule has 0 spiro atoms. The number of hydrogen-bond acceptors (Lipinski definition) is 3. The first-order valence-electron chi connectivity index (χ1n) is 8.26. The minimum atomic E-state index is -4.59. The number of aromatic nitrogens is 1. The maximum Gasteiger partial charge on any atom is 0.417 e. The summed E-state index contributed by atoms with van der Waals surface area (Å²) in [7, 11) is 0. The van der Waals surface area contributed by atoms with Gasteiger partial charge in [0.25, 0.3) is 0 Å². The second-order valence-electron chi connectivity index (χ2n) is 6.98. The minimum absolute atomic E-state index is 0.0902. The number of nitrogens with zero attached hydrogens (tertiary/aromatic N) is 2. The highest BCUT2D eigenvalue weighted by Crippen LogP contribution is 2.44. The molecule has 2 unspecified atom stereocenters. The van der Waals surface area contributed by atoms with Crippen LogP contribution in [0, 0.1) is 5.41 Å². The van der Waals surface area contributed by atoms with E-state index in [-0.39, 0.29) is 31.5 Å². The van der Waals surface area contributed by atoms with Gasteiger partial charge in [0.2, 0.25) is 5.91 Å². The van der Waals surface area contributed by atoms with Crippen molar-refractivity contribution in [3.8, 4) is 0 Å². The van der Waals surface area contributed by atoms with Crippen molar-refractivity contribution >= 4 is 5.91 Å². The van der Waals surface area contributed by atoms with Crippen molar-refractivity contribution in [1.29, 1.82) is 0 Å². The Morgan fingerprint density at radius 1 is 1.30 bits per heavy atom. The molecule has 0 fully saturated rings. The zero-order chi connectivity index (χ0) is 20.0. The van der Waals surface area contributed by atoms with Crippen LogP contribution in [0.1, 0.15) is 29.7 Å². The predicted molar refractivity (Wildman–Crippen MR) is 83.2 cm³/mol. The Kier molecular flexibility index (Phi) is 4.73. The Morgan fingerprint density at radius 3 is 2.56 bits per heavy atom. The van der Waals surface area contributed by atoms with Crippen molar-refractivity contribution in [2.75, 3.05) is 6.54 Å². The number of carbonyl (C=O) groups is 1. The van der Waals surface area contributed by atoms with Gasteiger partial charge in [-0.25, -0.2) is 0 Å². The summed E-state index contributed by atoms with van der Waals surface area (Å²) in [4.78, 5) is 17.9. The molecule has 10 heteroatoms. The number of halogens is 6. The van der Waals surface area contributed by atoms with Crippen LogP contribution in [0.4, 0.5) is 26.3 Å². The Bertz CT molecular complexity index is 773. The van der Waals surface area contributed by atoms with E-state index in [1.165, 1.54) is 12.2 Å². The number of nitrogens with two attached hydrogens (primary N) is 1. The normalized spacial score (nSPS) is 25.6. The first kappa shape index (κ1) is 19.7. The fourth-order valence-electron chi connectivity index (χ4n) is 3.66. The molecular weight excluding hydrogens is 376 g/mol. The molecule has 1 amide bonds. The lowest BCUT2D eigenvalue weighted by molar-refractivity contribution is -0.169. The molecule has 0 bridgehead atoms. The first-order valence-corrected chi connectivity index (χ1v) is 8.26. The van der Waals surface area contributed by atoms with E-state index in [4.69, 9.17) is 5.73 Å². The molecule has 0 saturated heterocycles. The Balaban J connectivity index is 1.87. The summed E-state index contributed by atoms with van der Waals surface area (Å²) >= 11 is 0. The van der Waals surface area contributed by atoms with Gasteiger partial charge in [0, 0.05) is 37.4 Å². The van der Waals surface area contributed by atoms with Crippen LogP contribution in [-0.4, -0.2) is 34.6 Å². The molecule has 2 heterocycles. The number of fused-ring (bicyclic) bond motifs is 1. The van der Waals surface area contributed by atoms with E-state index in [1.807, 2.05) is 0 Å². The highest BCUT2D eigenvalue weighted by atomic mass is 19.4. The number of pyridine rings is 1. The maximum atomic E-state index is 13.0. The fourth-order valence-corrected chi connectivity index (χ4v) is 3.66. The van der Waals surface area contributed by atoms with Crippen molar-refractivity contribution in [2.24, 2.45) is 11.1 Å². The van der Waals surface area contributed by atoms with Gasteiger partial charge >= 0.3 is 12.4 Å². The molecule has 4 nitrogen and oxygen atoms in total. The van der Waals surface area contributed by atoms with Crippen LogP contribution in [0.2, 0.25) is 0 Å². The van der Waals surface area contributed by atoms with E-state index >= 15 is 0 Å². The lowest BCUT2D eigenvalue weighted by Gasteiger charge is -2.36. The molecule has 0 radical (unpaired) electrons. The van der Waals surface area contributed by atoms with Crippen LogP contribution in [0.15, 0.2) is 24.4 Å². The van der Waals surface area contributed by atoms with Crippen molar-refractivity contribution < 1.29 is 31.1 Å². The van der Waals surface area contributed by atoms with Gasteiger partial charge in [-0.3, -0.25) is 9.78 Å². The predicted octanol–water partition coefficient (Wildman–Crippen LogP) is 3.21. The molecule has 2 atom stereocenters. The summed E-state index contributed by atoms with van der Waals surface area (Å²) in [5.74, 6) is -0.771. The van der Waals surface area contributed by atoms with Crippen molar-refractivity contribution in [3.05, 3.63) is 41.2 Å². The molecule has 1 aromatic heterocycles. The zero-order valence-corrected chi connectivity index (χ0v) is 14.1. The van der Waals surface area contributed by atoms with E-state index in [2.05, 4.69) is 4.98 Å². The molecule has 0 saturated carbocycles. The summed E-state index contributed by atoms with van der Waals surface area (Å²) < 4.78 is 77.8. The van der Waals surface area contributed by atoms with Crippen LogP contribution in [0.5, 0.6) is 0 Å². The van der Waals surface area contributed by atoms with Crippen molar-refractivity contribution in [2.45, 2.75) is 44.2 Å². The molecule has 1 aliphatic carbocycles. The zero-order valence-electron chi connectivity index (χ0n) is 14.1. The van der Waals surface area contributed by atoms with Gasteiger partial charge in [0.05, 0.1) is 17.4 Å². The third-order valence-corrected chi connectivity index (χ3v) is 4.86. The highest BCUT2D eigenvalue weighted by Gasteiger charge is 2.50. The van der Waals surface area contributed by atoms with Gasteiger partial charge in [-0.15, -0.1) is 0 Å². The lowest BCUT2D eigenvalue weighted by Crippen LogP contribution is -2.47. The third-order valence-electron chi connectivity index (χ3n) is 4.86. The van der Waals surface area contributed by atoms with Gasteiger partial charge in [-0.1, -0.05) is 12.2 Å². The molecule has 0 aromatic carbocycles. The number of amides is 1. The average Bonchev–Trinajstić information content (AvgIpc) is 2.92. The quantitative estimate of drug-likeness (QED) is 0.620. The van der Waals surface area contributed by atoms with E-state index in [0.717, 1.165) is 17.2 Å². The van der Waals surface area contributed by atoms with Gasteiger partial charge in [0.1, 0.15) is 0 Å². The maximum absolute atomic E-state index is 13.0. The number of alkyl halides is 6. The monoisotopic (exact) mass is 393 g/mol.